The van der Waals surface area contributed by atoms with E-state index in [1.165, 1.54) is 0 Å². The van der Waals surface area contributed by atoms with Crippen LogP contribution >= 0.6 is 0 Å². The minimum Gasteiger partial charge on any atom is -0.743 e. The quantitative estimate of drug-likeness (QED) is 0.127. The van der Waals surface area contributed by atoms with Gasteiger partial charge in [-0.15, -0.1) is 0 Å². The van der Waals surface area contributed by atoms with Crippen LogP contribution < -0.4 is 0 Å². The highest BCUT2D eigenvalue weighted by molar-refractivity contribution is 7.98. The predicted molar refractivity (Wildman–Crippen MR) is 108 cm³/mol. The van der Waals surface area contributed by atoms with Crippen LogP contribution in [0.3, 0.4) is 0 Å². The maximum Gasteiger partial charge on any atom is 0.460 e. The zero-order chi connectivity index (χ0) is 34.2. The second-order valence-electron chi connectivity index (χ2n) is 8.52. The molecule has 0 saturated heterocycles. The maximum atomic E-state index is 13.0. The normalized spacial score (nSPS) is 15.4. The first kappa shape index (κ1) is 41.9. The van der Waals surface area contributed by atoms with Crippen LogP contribution in [0.5, 0.6) is 0 Å². The Labute approximate surface area is 224 Å². The molecular weight excluding hydrogens is 667 g/mol. The Balaban J connectivity index is 0. The van der Waals surface area contributed by atoms with Crippen molar-refractivity contribution in [2.45, 2.75) is 98.5 Å². The molecule has 0 unspecified atom stereocenters. The third kappa shape index (κ3) is 7.28. The summed E-state index contributed by atoms with van der Waals surface area (Å²) in [6.45, 7) is 10.8. The van der Waals surface area contributed by atoms with Crippen molar-refractivity contribution in [2.75, 3.05) is 5.75 Å². The van der Waals surface area contributed by atoms with Crippen LogP contribution in [0, 0.1) is 0 Å². The topological polar surface area (TPSA) is 74.3 Å². The van der Waals surface area contributed by atoms with Gasteiger partial charge in [0, 0.05) is 6.42 Å². The molecule has 41 heavy (non-hydrogen) atoms. The van der Waals surface area contributed by atoms with E-state index in [0.717, 1.165) is 5.75 Å². The molecule has 0 aliphatic heterocycles. The van der Waals surface area contributed by atoms with E-state index in [9.17, 15) is 92.4 Å². The first-order chi connectivity index (χ1) is 17.5. The summed E-state index contributed by atoms with van der Waals surface area (Å²) in [5.74, 6) is -50.9. The van der Waals surface area contributed by atoms with E-state index in [2.05, 4.69) is 27.7 Å². The number of rotatable bonds is 12. The van der Waals surface area contributed by atoms with Gasteiger partial charge in [0.1, 0.15) is 10.5 Å². The highest BCUT2D eigenvalue weighted by Gasteiger charge is 2.95. The third-order valence-electron chi connectivity index (χ3n) is 4.94. The molecule has 23 heteroatoms. The van der Waals surface area contributed by atoms with E-state index in [1.54, 1.807) is 0 Å². The summed E-state index contributed by atoms with van der Waals surface area (Å²) in [6.07, 6.45) is -7.20. The van der Waals surface area contributed by atoms with Gasteiger partial charge in [-0.1, -0.05) is 6.92 Å². The molecule has 0 spiro atoms. The van der Waals surface area contributed by atoms with Gasteiger partial charge in [-0.25, -0.2) is 8.42 Å². The molecule has 248 valence electrons. The molecular formula is C18H21F17O4S2. The van der Waals surface area contributed by atoms with Crippen LogP contribution in [-0.4, -0.2) is 82.0 Å². The van der Waals surface area contributed by atoms with Crippen molar-refractivity contribution in [2.24, 2.45) is 0 Å². The number of ketones is 1. The first-order valence-corrected chi connectivity index (χ1v) is 13.3. The van der Waals surface area contributed by atoms with E-state index in [-0.39, 0.29) is 0 Å². The lowest BCUT2D eigenvalue weighted by Crippen LogP contribution is -2.75. The number of carbonyl (C=O) groups excluding carboxylic acids is 1. The van der Waals surface area contributed by atoms with Crippen molar-refractivity contribution in [3.05, 3.63) is 0 Å². The minimum atomic E-state index is -8.92. The zero-order valence-corrected chi connectivity index (χ0v) is 22.6. The van der Waals surface area contributed by atoms with Gasteiger partial charge in [-0.2, -0.15) is 74.6 Å². The molecule has 0 aliphatic carbocycles. The Morgan fingerprint density at radius 1 is 0.610 bits per heavy atom. The van der Waals surface area contributed by atoms with Crippen LogP contribution in [-0.2, 0) is 25.8 Å². The number of hydrogen-bond acceptors (Lipinski definition) is 4. The van der Waals surface area contributed by atoms with Gasteiger partial charge in [0.2, 0.25) is 0 Å². The van der Waals surface area contributed by atoms with Crippen molar-refractivity contribution in [1.82, 2.24) is 0 Å². The highest BCUT2D eigenvalue weighted by Crippen LogP contribution is 2.64. The standard InChI is InChI=1S/C10H21OS.C8HF17O3S/c1-6-10(11)7-12(8(2)3)9(4)5;9-1(10,3(13,14)5(17,18)7(21,22)23)2(11,12)4(15,16)6(19,20)8(24,25)29(26,27)28/h8-9H,6-7H2,1-5H3;(H,26,27,28)/q+1;/p-1. The van der Waals surface area contributed by atoms with E-state index in [1.807, 2.05) is 6.92 Å². The summed E-state index contributed by atoms with van der Waals surface area (Å²) in [5, 5.41) is -6.65. The Bertz CT molecular complexity index is 997. The van der Waals surface area contributed by atoms with Crippen molar-refractivity contribution in [3.63, 3.8) is 0 Å². The van der Waals surface area contributed by atoms with Crippen LogP contribution in [0.15, 0.2) is 0 Å². The van der Waals surface area contributed by atoms with Gasteiger partial charge in [0.05, 0.1) is 0 Å². The van der Waals surface area contributed by atoms with Crippen LogP contribution in [0.1, 0.15) is 41.0 Å². The van der Waals surface area contributed by atoms with E-state index < -0.39 is 57.1 Å². The molecule has 0 aromatic rings. The number of Topliss-reactive ketones (excluding diaryl/α,β-unsaturated/α-hetero) is 1. The monoisotopic (exact) mass is 688 g/mol. The minimum absolute atomic E-state index is 0.293. The molecule has 0 aromatic carbocycles. The predicted octanol–water partition coefficient (Wildman–Crippen LogP) is 6.90. The Kier molecular flexibility index (Phi) is 12.7. The van der Waals surface area contributed by atoms with Gasteiger partial charge in [-0.05, 0) is 38.6 Å². The molecule has 0 heterocycles. The number of halogens is 17. The molecule has 0 atom stereocenters. The molecule has 0 rings (SSSR count). The number of carbonyl (C=O) groups is 1. The highest BCUT2D eigenvalue weighted by atomic mass is 32.2. The lowest BCUT2D eigenvalue weighted by molar-refractivity contribution is -0.458. The summed E-state index contributed by atoms with van der Waals surface area (Å²) in [4.78, 5) is 11.2. The Morgan fingerprint density at radius 2 is 0.878 bits per heavy atom. The summed E-state index contributed by atoms with van der Waals surface area (Å²) in [6, 6.07) is 0. The van der Waals surface area contributed by atoms with Gasteiger partial charge >= 0.3 is 47.0 Å². The molecule has 0 fully saturated rings. The molecule has 0 bridgehead atoms. The summed E-state index contributed by atoms with van der Waals surface area (Å²) < 4.78 is 244. The smallest absolute Gasteiger partial charge is 0.460 e. The molecule has 0 aromatic heterocycles. The van der Waals surface area contributed by atoms with Crippen molar-refractivity contribution in [1.29, 1.82) is 0 Å². The van der Waals surface area contributed by atoms with E-state index in [0.29, 0.717) is 33.6 Å². The van der Waals surface area contributed by atoms with Gasteiger partial charge < -0.3 is 4.55 Å². The molecule has 0 N–H and O–H groups in total. The average Bonchev–Trinajstić information content (AvgIpc) is 2.74. The molecule has 0 aliphatic rings. The second kappa shape index (κ2) is 12.4. The third-order valence-corrected chi connectivity index (χ3v) is 8.90. The van der Waals surface area contributed by atoms with Crippen molar-refractivity contribution >= 4 is 26.8 Å². The largest absolute Gasteiger partial charge is 0.743 e. The first-order valence-electron chi connectivity index (χ1n) is 10.4. The number of alkyl halides is 17. The summed E-state index contributed by atoms with van der Waals surface area (Å²) in [5.41, 5.74) is 0. The van der Waals surface area contributed by atoms with Crippen molar-refractivity contribution < 1.29 is 92.4 Å². The van der Waals surface area contributed by atoms with E-state index in [4.69, 9.17) is 0 Å². The zero-order valence-electron chi connectivity index (χ0n) is 20.9. The van der Waals surface area contributed by atoms with Crippen LogP contribution in [0.2, 0.25) is 0 Å². The van der Waals surface area contributed by atoms with Gasteiger partial charge in [-0.3, -0.25) is 4.79 Å². The average molecular weight is 688 g/mol. The number of hydrogen-bond donors (Lipinski definition) is 0. The molecule has 0 saturated carbocycles. The summed E-state index contributed by atoms with van der Waals surface area (Å²) in [7, 11) is -7.85. The van der Waals surface area contributed by atoms with Gasteiger partial charge in [0.15, 0.2) is 21.7 Å². The fraction of sp³-hybridized carbons (Fsp3) is 0.944. The fourth-order valence-corrected chi connectivity index (χ4v) is 5.25. The Hall–Kier alpha value is -1.26. The molecule has 4 nitrogen and oxygen atoms in total. The molecule has 0 radical (unpaired) electrons. The second-order valence-corrected chi connectivity index (χ2v) is 13.1. The van der Waals surface area contributed by atoms with E-state index >= 15 is 0 Å². The van der Waals surface area contributed by atoms with Crippen LogP contribution in [0.25, 0.3) is 0 Å². The Morgan fingerprint density at radius 3 is 1.10 bits per heavy atom. The molecule has 0 amide bonds. The maximum absolute atomic E-state index is 13.0. The SMILES string of the molecule is CCC(=O)C[S+](C(C)C)C(C)C.O=S(=O)([O-])C(F)(F)C(F)(F)C(F)(F)C(F)(F)C(F)(F)C(F)(F)C(F)(F)C(F)(F)F. The van der Waals surface area contributed by atoms with Crippen molar-refractivity contribution in [3.8, 4) is 0 Å². The van der Waals surface area contributed by atoms with Gasteiger partial charge in [0.25, 0.3) is 0 Å². The van der Waals surface area contributed by atoms with Crippen LogP contribution in [0.4, 0.5) is 74.6 Å². The fourth-order valence-electron chi connectivity index (χ4n) is 2.47. The lowest BCUT2D eigenvalue weighted by Gasteiger charge is -2.42. The summed E-state index contributed by atoms with van der Waals surface area (Å²) >= 11 is 0. The lowest BCUT2D eigenvalue weighted by atomic mass is 9.91.